The molecule has 24 heavy (non-hydrogen) atoms. The minimum atomic E-state index is -0.186. The second-order valence-electron chi connectivity index (χ2n) is 6.82. The number of benzene rings is 2. The average Bonchev–Trinajstić information content (AvgIpc) is 3.25. The lowest BCUT2D eigenvalue weighted by Gasteiger charge is -2.25. The predicted octanol–water partition coefficient (Wildman–Crippen LogP) is 3.78. The van der Waals surface area contributed by atoms with Crippen molar-refractivity contribution in [3.63, 3.8) is 0 Å². The van der Waals surface area contributed by atoms with E-state index < -0.39 is 0 Å². The lowest BCUT2D eigenvalue weighted by Crippen LogP contribution is -2.31. The molecule has 0 amide bonds. The fourth-order valence-corrected chi connectivity index (χ4v) is 4.08. The second kappa shape index (κ2) is 6.78. The average molecular weight is 321 g/mol. The van der Waals surface area contributed by atoms with Gasteiger partial charge >= 0.3 is 5.97 Å². The van der Waals surface area contributed by atoms with Gasteiger partial charge in [-0.1, -0.05) is 60.7 Å². The van der Waals surface area contributed by atoms with Crippen molar-refractivity contribution in [1.82, 2.24) is 4.90 Å². The van der Waals surface area contributed by atoms with Crippen LogP contribution in [0.25, 0.3) is 0 Å². The van der Waals surface area contributed by atoms with Gasteiger partial charge in [0.25, 0.3) is 0 Å². The molecular formula is C21H23NO2. The maximum atomic E-state index is 12.7. The molecule has 3 atom stereocenters. The summed E-state index contributed by atoms with van der Waals surface area (Å²) >= 11 is 0. The van der Waals surface area contributed by atoms with Crippen LogP contribution in [0, 0.1) is 5.92 Å². The maximum absolute atomic E-state index is 12.7. The predicted molar refractivity (Wildman–Crippen MR) is 93.6 cm³/mol. The Hall–Kier alpha value is -2.13. The number of carbonyl (C=O) groups excluding carboxylic acids is 1. The molecule has 3 nitrogen and oxygen atoms in total. The third kappa shape index (κ3) is 2.96. The van der Waals surface area contributed by atoms with E-state index >= 15 is 0 Å². The Morgan fingerprint density at radius 3 is 2.08 bits per heavy atom. The lowest BCUT2D eigenvalue weighted by atomic mass is 9.81. The zero-order valence-corrected chi connectivity index (χ0v) is 13.8. The van der Waals surface area contributed by atoms with E-state index in [1.165, 1.54) is 18.4 Å². The molecule has 0 saturated carbocycles. The largest absolute Gasteiger partial charge is 0.457 e. The van der Waals surface area contributed by atoms with Crippen molar-refractivity contribution in [1.29, 1.82) is 0 Å². The van der Waals surface area contributed by atoms with Gasteiger partial charge in [0.05, 0.1) is 5.92 Å². The van der Waals surface area contributed by atoms with E-state index in [0.29, 0.717) is 0 Å². The summed E-state index contributed by atoms with van der Waals surface area (Å²) in [6.45, 7) is 3.00. The monoisotopic (exact) mass is 321 g/mol. The Labute approximate surface area is 143 Å². The van der Waals surface area contributed by atoms with Crippen molar-refractivity contribution in [2.24, 2.45) is 5.92 Å². The fourth-order valence-electron chi connectivity index (χ4n) is 4.08. The summed E-state index contributed by atoms with van der Waals surface area (Å²) in [4.78, 5) is 15.1. The van der Waals surface area contributed by atoms with Crippen LogP contribution in [-0.2, 0) is 9.53 Å². The molecule has 2 aromatic rings. The van der Waals surface area contributed by atoms with Gasteiger partial charge in [0.15, 0.2) is 0 Å². The van der Waals surface area contributed by atoms with Crippen LogP contribution < -0.4 is 0 Å². The van der Waals surface area contributed by atoms with Gasteiger partial charge in [-0.2, -0.15) is 0 Å². The van der Waals surface area contributed by atoms with Crippen LogP contribution in [0.4, 0.5) is 0 Å². The SMILES string of the molecule is O=C1O[C@H](c2ccccc2)[C@H](c2ccccc2)[C@@H]1CN1CCCC1. The molecule has 124 valence electrons. The first-order chi connectivity index (χ1) is 11.8. The third-order valence-electron chi connectivity index (χ3n) is 5.27. The van der Waals surface area contributed by atoms with Gasteiger partial charge in [0.2, 0.25) is 0 Å². The van der Waals surface area contributed by atoms with Crippen LogP contribution >= 0.6 is 0 Å². The molecule has 0 N–H and O–H groups in total. The lowest BCUT2D eigenvalue weighted by molar-refractivity contribution is -0.144. The van der Waals surface area contributed by atoms with Crippen molar-refractivity contribution in [2.45, 2.75) is 24.9 Å². The Balaban J connectivity index is 1.68. The van der Waals surface area contributed by atoms with Crippen LogP contribution in [0.15, 0.2) is 60.7 Å². The van der Waals surface area contributed by atoms with Crippen LogP contribution in [0.1, 0.15) is 36.0 Å². The zero-order chi connectivity index (χ0) is 16.4. The minimum absolute atomic E-state index is 0.0513. The van der Waals surface area contributed by atoms with Crippen LogP contribution in [0.2, 0.25) is 0 Å². The van der Waals surface area contributed by atoms with Gasteiger partial charge in [-0.25, -0.2) is 0 Å². The van der Waals surface area contributed by atoms with Gasteiger partial charge in [0, 0.05) is 12.5 Å². The van der Waals surface area contributed by atoms with Crippen molar-refractivity contribution in [2.75, 3.05) is 19.6 Å². The highest BCUT2D eigenvalue weighted by molar-refractivity contribution is 5.77. The Morgan fingerprint density at radius 1 is 0.875 bits per heavy atom. The minimum Gasteiger partial charge on any atom is -0.457 e. The summed E-state index contributed by atoms with van der Waals surface area (Å²) in [5.74, 6) is -0.0537. The highest BCUT2D eigenvalue weighted by atomic mass is 16.6. The number of cyclic esters (lactones) is 1. The summed E-state index contributed by atoms with van der Waals surface area (Å²) < 4.78 is 5.87. The van der Waals surface area contributed by atoms with E-state index in [2.05, 4.69) is 29.2 Å². The van der Waals surface area contributed by atoms with Crippen molar-refractivity contribution >= 4 is 5.97 Å². The Morgan fingerprint density at radius 2 is 1.46 bits per heavy atom. The van der Waals surface area contributed by atoms with E-state index in [-0.39, 0.29) is 23.9 Å². The highest BCUT2D eigenvalue weighted by Gasteiger charge is 2.46. The molecule has 2 fully saturated rings. The van der Waals surface area contributed by atoms with Gasteiger partial charge < -0.3 is 9.64 Å². The molecule has 0 spiro atoms. The number of nitrogens with zero attached hydrogens (tertiary/aromatic N) is 1. The number of ether oxygens (including phenoxy) is 1. The first-order valence-corrected chi connectivity index (χ1v) is 8.85. The number of carbonyl (C=O) groups is 1. The van der Waals surface area contributed by atoms with Crippen molar-refractivity contribution in [3.05, 3.63) is 71.8 Å². The Bertz CT molecular complexity index is 679. The molecule has 2 heterocycles. The molecule has 0 radical (unpaired) electrons. The van der Waals surface area contributed by atoms with Crippen LogP contribution in [-0.4, -0.2) is 30.5 Å². The third-order valence-corrected chi connectivity index (χ3v) is 5.27. The van der Waals surface area contributed by atoms with E-state index in [0.717, 1.165) is 25.2 Å². The quantitative estimate of drug-likeness (QED) is 0.803. The van der Waals surface area contributed by atoms with E-state index in [9.17, 15) is 4.79 Å². The van der Waals surface area contributed by atoms with Crippen LogP contribution in [0.5, 0.6) is 0 Å². The second-order valence-corrected chi connectivity index (χ2v) is 6.82. The Kier molecular flexibility index (Phi) is 4.35. The van der Waals surface area contributed by atoms with E-state index in [4.69, 9.17) is 4.74 Å². The zero-order valence-electron chi connectivity index (χ0n) is 13.8. The maximum Gasteiger partial charge on any atom is 0.311 e. The summed E-state index contributed by atoms with van der Waals surface area (Å²) in [7, 11) is 0. The first-order valence-electron chi connectivity index (χ1n) is 8.85. The molecule has 0 aromatic heterocycles. The number of likely N-dealkylation sites (tertiary alicyclic amines) is 1. The number of esters is 1. The van der Waals surface area contributed by atoms with E-state index in [1.807, 2.05) is 36.4 Å². The molecule has 2 aliphatic rings. The number of hydrogen-bond donors (Lipinski definition) is 0. The molecule has 0 aliphatic carbocycles. The van der Waals surface area contributed by atoms with Gasteiger partial charge in [-0.05, 0) is 37.1 Å². The molecule has 0 unspecified atom stereocenters. The number of rotatable bonds is 4. The van der Waals surface area contributed by atoms with Crippen LogP contribution in [0.3, 0.4) is 0 Å². The fraction of sp³-hybridized carbons (Fsp3) is 0.381. The van der Waals surface area contributed by atoms with Crippen molar-refractivity contribution in [3.8, 4) is 0 Å². The topological polar surface area (TPSA) is 29.5 Å². The molecule has 3 heteroatoms. The van der Waals surface area contributed by atoms with Gasteiger partial charge in [-0.3, -0.25) is 4.79 Å². The molecule has 2 aromatic carbocycles. The molecular weight excluding hydrogens is 298 g/mol. The van der Waals surface area contributed by atoms with E-state index in [1.54, 1.807) is 0 Å². The highest BCUT2D eigenvalue weighted by Crippen LogP contribution is 2.46. The van der Waals surface area contributed by atoms with Gasteiger partial charge in [0.1, 0.15) is 6.10 Å². The number of hydrogen-bond acceptors (Lipinski definition) is 3. The normalized spacial score (nSPS) is 27.3. The summed E-state index contributed by atoms with van der Waals surface area (Å²) in [5, 5.41) is 0. The standard InChI is InChI=1S/C21H23NO2/c23-21-18(15-22-13-7-8-14-22)19(16-9-3-1-4-10-16)20(24-21)17-11-5-2-6-12-17/h1-6,9-12,18-20H,7-8,13-15H2/t18-,19+,20+/m0/s1. The molecule has 0 bridgehead atoms. The molecule has 2 aliphatic heterocycles. The first kappa shape index (κ1) is 15.4. The molecule has 4 rings (SSSR count). The summed E-state index contributed by atoms with van der Waals surface area (Å²) in [6, 6.07) is 20.5. The smallest absolute Gasteiger partial charge is 0.311 e. The molecule has 2 saturated heterocycles. The van der Waals surface area contributed by atoms with Crippen molar-refractivity contribution < 1.29 is 9.53 Å². The summed E-state index contributed by atoms with van der Waals surface area (Å²) in [6.07, 6.45) is 2.29. The summed E-state index contributed by atoms with van der Waals surface area (Å²) in [5.41, 5.74) is 2.28. The van der Waals surface area contributed by atoms with Gasteiger partial charge in [-0.15, -0.1) is 0 Å².